The highest BCUT2D eigenvalue weighted by Gasteiger charge is 2.18. The molecule has 0 N–H and O–H groups in total. The van der Waals surface area contributed by atoms with E-state index in [-0.39, 0.29) is 0 Å². The monoisotopic (exact) mass is 269 g/mol. The van der Waals surface area contributed by atoms with Gasteiger partial charge in [-0.1, -0.05) is 71.1 Å². The predicted molar refractivity (Wildman–Crippen MR) is 83.7 cm³/mol. The molecule has 2 heteroatoms. The van der Waals surface area contributed by atoms with Crippen LogP contribution in [0.25, 0.3) is 0 Å². The van der Waals surface area contributed by atoms with Gasteiger partial charge in [-0.25, -0.2) is 0 Å². The molecule has 0 aliphatic carbocycles. The third-order valence-electron chi connectivity index (χ3n) is 4.41. The van der Waals surface area contributed by atoms with Crippen LogP contribution in [0.1, 0.15) is 77.6 Å². The van der Waals surface area contributed by atoms with Gasteiger partial charge in [0.1, 0.15) is 0 Å². The van der Waals surface area contributed by atoms with Gasteiger partial charge in [0.2, 0.25) is 0 Å². The first-order valence-electron chi connectivity index (χ1n) is 8.62. The molecular formula is C17H35NO. The molecule has 1 fully saturated rings. The number of nitrogens with zero attached hydrogens (tertiary/aromatic N) is 1. The van der Waals surface area contributed by atoms with E-state index in [9.17, 15) is 0 Å². The summed E-state index contributed by atoms with van der Waals surface area (Å²) in [5.41, 5.74) is 0. The Morgan fingerprint density at radius 2 is 1.47 bits per heavy atom. The maximum atomic E-state index is 5.55. The lowest BCUT2D eigenvalue weighted by molar-refractivity contribution is 0.00210. The number of hydrogen-bond acceptors (Lipinski definition) is 2. The fourth-order valence-electron chi connectivity index (χ4n) is 2.91. The molecule has 0 bridgehead atoms. The Bertz CT molecular complexity index is 196. The fraction of sp³-hybridized carbons (Fsp3) is 1.00. The molecule has 114 valence electrons. The second-order valence-electron chi connectivity index (χ2n) is 6.18. The average molecular weight is 269 g/mol. The van der Waals surface area contributed by atoms with Gasteiger partial charge in [0.25, 0.3) is 0 Å². The normalized spacial score (nSPS) is 20.8. The first-order chi connectivity index (χ1) is 9.34. The van der Waals surface area contributed by atoms with Gasteiger partial charge in [0, 0.05) is 12.6 Å². The molecule has 1 rings (SSSR count). The number of unbranched alkanes of at least 4 members (excludes halogenated alkanes) is 9. The minimum atomic E-state index is 0.683. The summed E-state index contributed by atoms with van der Waals surface area (Å²) in [6.07, 6.45) is 15.6. The van der Waals surface area contributed by atoms with E-state index in [1.807, 2.05) is 0 Å². The van der Waals surface area contributed by atoms with Gasteiger partial charge in [-0.05, 0) is 13.5 Å². The maximum Gasteiger partial charge on any atom is 0.0622 e. The van der Waals surface area contributed by atoms with Crippen molar-refractivity contribution in [2.24, 2.45) is 0 Å². The summed E-state index contributed by atoms with van der Waals surface area (Å²) in [7, 11) is 2.24. The molecule has 0 amide bonds. The van der Waals surface area contributed by atoms with Gasteiger partial charge in [0.15, 0.2) is 0 Å². The summed E-state index contributed by atoms with van der Waals surface area (Å²) in [5, 5.41) is 0. The van der Waals surface area contributed by atoms with Gasteiger partial charge < -0.3 is 4.74 Å². The summed E-state index contributed by atoms with van der Waals surface area (Å²) < 4.78 is 5.55. The first-order valence-corrected chi connectivity index (χ1v) is 8.62. The third-order valence-corrected chi connectivity index (χ3v) is 4.41. The minimum absolute atomic E-state index is 0.683. The van der Waals surface area contributed by atoms with Gasteiger partial charge in [0.05, 0.1) is 13.2 Å². The van der Waals surface area contributed by atoms with Gasteiger partial charge in [-0.3, -0.25) is 4.90 Å². The molecule has 1 unspecified atom stereocenters. The highest BCUT2D eigenvalue weighted by atomic mass is 16.5. The van der Waals surface area contributed by atoms with Crippen LogP contribution in [-0.2, 0) is 4.74 Å². The van der Waals surface area contributed by atoms with Crippen LogP contribution in [0.2, 0.25) is 0 Å². The van der Waals surface area contributed by atoms with Crippen molar-refractivity contribution in [3.63, 3.8) is 0 Å². The summed E-state index contributed by atoms with van der Waals surface area (Å²) in [5.74, 6) is 0. The van der Waals surface area contributed by atoms with Crippen molar-refractivity contribution in [3.05, 3.63) is 0 Å². The number of rotatable bonds is 11. The van der Waals surface area contributed by atoms with Crippen LogP contribution in [0, 0.1) is 0 Å². The predicted octanol–water partition coefficient (Wildman–Crippen LogP) is 4.63. The Kier molecular flexibility index (Phi) is 10.5. The Labute approximate surface area is 120 Å². The standard InChI is InChI=1S/C17H35NO/c1-3-4-5-6-7-8-9-10-11-12-13-17-16-19-15-14-18(17)2/h17H,3-16H2,1-2H3. The lowest BCUT2D eigenvalue weighted by Gasteiger charge is -2.32. The van der Waals surface area contributed by atoms with Crippen LogP contribution < -0.4 is 0 Å². The van der Waals surface area contributed by atoms with Crippen molar-refractivity contribution in [2.75, 3.05) is 26.8 Å². The van der Waals surface area contributed by atoms with E-state index in [0.29, 0.717) is 6.04 Å². The second-order valence-corrected chi connectivity index (χ2v) is 6.18. The first kappa shape index (κ1) is 17.0. The lowest BCUT2D eigenvalue weighted by Crippen LogP contribution is -2.42. The second kappa shape index (κ2) is 11.7. The Hall–Kier alpha value is -0.0800. The van der Waals surface area contributed by atoms with Crippen LogP contribution in [0.3, 0.4) is 0 Å². The number of morpholine rings is 1. The van der Waals surface area contributed by atoms with Crippen LogP contribution in [-0.4, -0.2) is 37.7 Å². The van der Waals surface area contributed by atoms with E-state index in [1.165, 1.54) is 70.6 Å². The zero-order valence-electron chi connectivity index (χ0n) is 13.3. The Morgan fingerprint density at radius 3 is 2.05 bits per heavy atom. The fourth-order valence-corrected chi connectivity index (χ4v) is 2.91. The molecule has 19 heavy (non-hydrogen) atoms. The molecule has 0 radical (unpaired) electrons. The summed E-state index contributed by atoms with van der Waals surface area (Å²) in [4.78, 5) is 2.47. The van der Waals surface area contributed by atoms with Crippen LogP contribution >= 0.6 is 0 Å². The third kappa shape index (κ3) is 8.65. The van der Waals surface area contributed by atoms with E-state index in [1.54, 1.807) is 0 Å². The quantitative estimate of drug-likeness (QED) is 0.507. The van der Waals surface area contributed by atoms with E-state index in [0.717, 1.165) is 19.8 Å². The van der Waals surface area contributed by atoms with E-state index >= 15 is 0 Å². The zero-order valence-corrected chi connectivity index (χ0v) is 13.3. The average Bonchev–Trinajstić information content (AvgIpc) is 2.43. The topological polar surface area (TPSA) is 12.5 Å². The molecule has 0 aromatic rings. The van der Waals surface area contributed by atoms with Crippen LogP contribution in [0.4, 0.5) is 0 Å². The van der Waals surface area contributed by atoms with Crippen molar-refractivity contribution in [1.82, 2.24) is 4.90 Å². The molecule has 0 saturated carbocycles. The van der Waals surface area contributed by atoms with Crippen LogP contribution in [0.5, 0.6) is 0 Å². The van der Waals surface area contributed by atoms with Crippen molar-refractivity contribution in [3.8, 4) is 0 Å². The van der Waals surface area contributed by atoms with Gasteiger partial charge in [-0.2, -0.15) is 0 Å². The van der Waals surface area contributed by atoms with E-state index in [4.69, 9.17) is 4.74 Å². The zero-order chi connectivity index (χ0) is 13.8. The summed E-state index contributed by atoms with van der Waals surface area (Å²) in [6.45, 7) is 5.27. The SMILES string of the molecule is CCCCCCCCCCCCC1COCCN1C. The van der Waals surface area contributed by atoms with Gasteiger partial charge in [-0.15, -0.1) is 0 Å². The molecule has 1 saturated heterocycles. The minimum Gasteiger partial charge on any atom is -0.378 e. The van der Waals surface area contributed by atoms with Crippen molar-refractivity contribution >= 4 is 0 Å². The maximum absolute atomic E-state index is 5.55. The molecule has 0 aromatic carbocycles. The molecule has 0 spiro atoms. The largest absolute Gasteiger partial charge is 0.378 e. The van der Waals surface area contributed by atoms with E-state index in [2.05, 4.69) is 18.9 Å². The molecule has 1 atom stereocenters. The van der Waals surface area contributed by atoms with Crippen molar-refractivity contribution in [2.45, 2.75) is 83.6 Å². The highest BCUT2D eigenvalue weighted by molar-refractivity contribution is 4.71. The van der Waals surface area contributed by atoms with Crippen molar-refractivity contribution in [1.29, 1.82) is 0 Å². The number of likely N-dealkylation sites (N-methyl/N-ethyl adjacent to an activating group) is 1. The van der Waals surface area contributed by atoms with Crippen molar-refractivity contribution < 1.29 is 4.74 Å². The lowest BCUT2D eigenvalue weighted by atomic mass is 10.0. The summed E-state index contributed by atoms with van der Waals surface area (Å²) >= 11 is 0. The summed E-state index contributed by atoms with van der Waals surface area (Å²) in [6, 6.07) is 0.683. The number of ether oxygens (including phenoxy) is 1. The smallest absolute Gasteiger partial charge is 0.0622 e. The molecule has 1 heterocycles. The van der Waals surface area contributed by atoms with E-state index < -0.39 is 0 Å². The molecular weight excluding hydrogens is 234 g/mol. The molecule has 0 aromatic heterocycles. The Balaban J connectivity index is 1.80. The van der Waals surface area contributed by atoms with Crippen LogP contribution in [0.15, 0.2) is 0 Å². The Morgan fingerprint density at radius 1 is 0.895 bits per heavy atom. The highest BCUT2D eigenvalue weighted by Crippen LogP contribution is 2.15. The molecule has 2 nitrogen and oxygen atoms in total. The molecule has 1 aliphatic heterocycles. The number of hydrogen-bond donors (Lipinski definition) is 0. The molecule has 1 aliphatic rings. The van der Waals surface area contributed by atoms with Gasteiger partial charge >= 0.3 is 0 Å².